The number of amides is 2. The maximum Gasteiger partial charge on any atom is 0.241 e. The number of likely N-dealkylation sites (N-methyl/N-ethyl adjacent to an activating group) is 1. The zero-order valence-corrected chi connectivity index (χ0v) is 15.5. The number of halogens is 1. The standard InChI is InChI=1S/C20H25FN4O2/c1-22-18(26)14-25-13-17(12-23-25)24-19(27)20(8-3-2-4-9-20)11-15-6-5-7-16(21)10-15/h5-7,10,12-13H,2-4,8-9,11,14H2,1H3,(H,22,26)(H,24,27). The van der Waals surface area contributed by atoms with Crippen LogP contribution in [-0.4, -0.2) is 28.6 Å². The first-order valence-electron chi connectivity index (χ1n) is 9.30. The molecule has 1 fully saturated rings. The van der Waals surface area contributed by atoms with Crippen LogP contribution < -0.4 is 10.6 Å². The zero-order chi connectivity index (χ0) is 19.3. The molecule has 1 heterocycles. The molecule has 0 radical (unpaired) electrons. The molecule has 2 N–H and O–H groups in total. The molecule has 1 aliphatic carbocycles. The van der Waals surface area contributed by atoms with E-state index < -0.39 is 5.41 Å². The van der Waals surface area contributed by atoms with E-state index in [2.05, 4.69) is 15.7 Å². The van der Waals surface area contributed by atoms with Crippen LogP contribution in [0.15, 0.2) is 36.7 Å². The zero-order valence-electron chi connectivity index (χ0n) is 15.5. The molecule has 1 aromatic heterocycles. The molecule has 2 aromatic rings. The van der Waals surface area contributed by atoms with E-state index in [9.17, 15) is 14.0 Å². The van der Waals surface area contributed by atoms with E-state index in [4.69, 9.17) is 0 Å². The lowest BCUT2D eigenvalue weighted by atomic mass is 9.69. The van der Waals surface area contributed by atoms with Crippen LogP contribution in [0.4, 0.5) is 10.1 Å². The van der Waals surface area contributed by atoms with Crippen molar-refractivity contribution in [1.82, 2.24) is 15.1 Å². The Morgan fingerprint density at radius 2 is 2.04 bits per heavy atom. The number of anilines is 1. The summed E-state index contributed by atoms with van der Waals surface area (Å²) in [5, 5.41) is 9.60. The third-order valence-corrected chi connectivity index (χ3v) is 5.20. The summed E-state index contributed by atoms with van der Waals surface area (Å²) in [7, 11) is 1.56. The second-order valence-electron chi connectivity index (χ2n) is 7.20. The SMILES string of the molecule is CNC(=O)Cn1cc(NC(=O)C2(Cc3cccc(F)c3)CCCCC2)cn1. The molecule has 0 aliphatic heterocycles. The molecular formula is C20H25FN4O2. The highest BCUT2D eigenvalue weighted by Crippen LogP contribution is 2.40. The Kier molecular flexibility index (Phi) is 5.88. The van der Waals surface area contributed by atoms with E-state index in [1.54, 1.807) is 25.5 Å². The van der Waals surface area contributed by atoms with Gasteiger partial charge in [-0.15, -0.1) is 0 Å². The molecule has 27 heavy (non-hydrogen) atoms. The minimum Gasteiger partial charge on any atom is -0.358 e. The average molecular weight is 372 g/mol. The Bertz CT molecular complexity index is 812. The van der Waals surface area contributed by atoms with Crippen LogP contribution in [0.25, 0.3) is 0 Å². The normalized spacial score (nSPS) is 15.9. The Balaban J connectivity index is 1.74. The van der Waals surface area contributed by atoms with Gasteiger partial charge in [0.05, 0.1) is 17.3 Å². The molecule has 0 spiro atoms. The maximum atomic E-state index is 13.6. The molecular weight excluding hydrogens is 347 g/mol. The summed E-state index contributed by atoms with van der Waals surface area (Å²) in [4.78, 5) is 24.6. The number of carbonyl (C=O) groups excluding carboxylic acids is 2. The first-order chi connectivity index (χ1) is 13.0. The van der Waals surface area contributed by atoms with Gasteiger partial charge in [-0.2, -0.15) is 5.10 Å². The summed E-state index contributed by atoms with van der Waals surface area (Å²) in [6.45, 7) is 0.0980. The van der Waals surface area contributed by atoms with E-state index in [0.29, 0.717) is 12.1 Å². The minimum absolute atomic E-state index is 0.0639. The van der Waals surface area contributed by atoms with Gasteiger partial charge in [-0.25, -0.2) is 4.39 Å². The van der Waals surface area contributed by atoms with E-state index in [-0.39, 0.29) is 24.2 Å². The fourth-order valence-electron chi connectivity index (χ4n) is 3.75. The number of hydrogen-bond donors (Lipinski definition) is 2. The number of benzene rings is 1. The van der Waals surface area contributed by atoms with Crippen molar-refractivity contribution in [3.8, 4) is 0 Å². The van der Waals surface area contributed by atoms with E-state index in [0.717, 1.165) is 37.7 Å². The van der Waals surface area contributed by atoms with Crippen LogP contribution in [0.3, 0.4) is 0 Å². The molecule has 0 unspecified atom stereocenters. The molecule has 1 saturated carbocycles. The van der Waals surface area contributed by atoms with Crippen molar-refractivity contribution in [1.29, 1.82) is 0 Å². The van der Waals surface area contributed by atoms with Crippen LogP contribution >= 0.6 is 0 Å². The van der Waals surface area contributed by atoms with Gasteiger partial charge in [0.2, 0.25) is 11.8 Å². The number of nitrogens with zero attached hydrogens (tertiary/aromatic N) is 2. The highest BCUT2D eigenvalue weighted by Gasteiger charge is 2.39. The molecule has 7 heteroatoms. The van der Waals surface area contributed by atoms with Crippen molar-refractivity contribution in [3.05, 3.63) is 48.0 Å². The second kappa shape index (κ2) is 8.33. The quantitative estimate of drug-likeness (QED) is 0.819. The van der Waals surface area contributed by atoms with Gasteiger partial charge in [-0.1, -0.05) is 31.4 Å². The smallest absolute Gasteiger partial charge is 0.241 e. The molecule has 0 saturated heterocycles. The topological polar surface area (TPSA) is 76.0 Å². The van der Waals surface area contributed by atoms with Crippen LogP contribution in [0.2, 0.25) is 0 Å². The van der Waals surface area contributed by atoms with Crippen LogP contribution in [-0.2, 0) is 22.6 Å². The first-order valence-corrected chi connectivity index (χ1v) is 9.30. The number of nitrogens with one attached hydrogen (secondary N) is 2. The van der Waals surface area contributed by atoms with Gasteiger partial charge in [0, 0.05) is 13.2 Å². The summed E-state index contributed by atoms with van der Waals surface area (Å²) < 4.78 is 15.1. The van der Waals surface area contributed by atoms with Crippen molar-refractivity contribution >= 4 is 17.5 Å². The van der Waals surface area contributed by atoms with Gasteiger partial charge < -0.3 is 10.6 Å². The van der Waals surface area contributed by atoms with Crippen molar-refractivity contribution in [2.75, 3.05) is 12.4 Å². The Morgan fingerprint density at radius 3 is 2.74 bits per heavy atom. The lowest BCUT2D eigenvalue weighted by Gasteiger charge is -2.36. The van der Waals surface area contributed by atoms with Crippen LogP contribution in [0.5, 0.6) is 0 Å². The second-order valence-corrected chi connectivity index (χ2v) is 7.20. The van der Waals surface area contributed by atoms with E-state index in [1.165, 1.54) is 16.8 Å². The average Bonchev–Trinajstić information content (AvgIpc) is 3.09. The first kappa shape index (κ1) is 19.1. The van der Waals surface area contributed by atoms with Gasteiger partial charge >= 0.3 is 0 Å². The fourth-order valence-corrected chi connectivity index (χ4v) is 3.75. The third-order valence-electron chi connectivity index (χ3n) is 5.20. The van der Waals surface area contributed by atoms with Gasteiger partial charge in [0.15, 0.2) is 0 Å². The summed E-state index contributed by atoms with van der Waals surface area (Å²) in [6, 6.07) is 6.47. The number of aromatic nitrogens is 2. The molecule has 6 nitrogen and oxygen atoms in total. The van der Waals surface area contributed by atoms with Crippen molar-refractivity contribution in [2.45, 2.75) is 45.1 Å². The minimum atomic E-state index is -0.547. The molecule has 2 amide bonds. The van der Waals surface area contributed by atoms with Gasteiger partial charge in [0.1, 0.15) is 12.4 Å². The molecule has 144 valence electrons. The largest absolute Gasteiger partial charge is 0.358 e. The van der Waals surface area contributed by atoms with Crippen molar-refractivity contribution in [3.63, 3.8) is 0 Å². The van der Waals surface area contributed by atoms with Gasteiger partial charge in [0.25, 0.3) is 0 Å². The summed E-state index contributed by atoms with van der Waals surface area (Å²) in [5.41, 5.74) is 0.852. The Hall–Kier alpha value is -2.70. The van der Waals surface area contributed by atoms with Gasteiger partial charge in [-0.3, -0.25) is 14.3 Å². The molecule has 0 bridgehead atoms. The van der Waals surface area contributed by atoms with E-state index >= 15 is 0 Å². The van der Waals surface area contributed by atoms with Crippen molar-refractivity contribution in [2.24, 2.45) is 5.41 Å². The predicted octanol–water partition coefficient (Wildman–Crippen LogP) is 2.90. The third kappa shape index (κ3) is 4.72. The highest BCUT2D eigenvalue weighted by molar-refractivity contribution is 5.95. The van der Waals surface area contributed by atoms with E-state index in [1.807, 2.05) is 6.07 Å². The fraction of sp³-hybridized carbons (Fsp3) is 0.450. The lowest BCUT2D eigenvalue weighted by molar-refractivity contribution is -0.127. The molecule has 1 aromatic carbocycles. The maximum absolute atomic E-state index is 13.6. The monoisotopic (exact) mass is 372 g/mol. The Morgan fingerprint density at radius 1 is 1.26 bits per heavy atom. The number of carbonyl (C=O) groups is 2. The highest BCUT2D eigenvalue weighted by atomic mass is 19.1. The summed E-state index contributed by atoms with van der Waals surface area (Å²) in [5.74, 6) is -0.508. The summed E-state index contributed by atoms with van der Waals surface area (Å²) >= 11 is 0. The molecule has 3 rings (SSSR count). The number of hydrogen-bond acceptors (Lipinski definition) is 3. The van der Waals surface area contributed by atoms with Crippen LogP contribution in [0.1, 0.15) is 37.7 Å². The van der Waals surface area contributed by atoms with Crippen molar-refractivity contribution < 1.29 is 14.0 Å². The van der Waals surface area contributed by atoms with Crippen LogP contribution in [0, 0.1) is 11.2 Å². The predicted molar refractivity (Wildman–Crippen MR) is 101 cm³/mol. The number of rotatable bonds is 6. The molecule has 0 atom stereocenters. The Labute approximate surface area is 158 Å². The lowest BCUT2D eigenvalue weighted by Crippen LogP contribution is -2.40. The molecule has 1 aliphatic rings. The van der Waals surface area contributed by atoms with Gasteiger partial charge in [-0.05, 0) is 37.0 Å². The summed E-state index contributed by atoms with van der Waals surface area (Å²) in [6.07, 6.45) is 8.34.